The number of hydrogen-bond acceptors (Lipinski definition) is 7. The molecule has 0 unspecified atom stereocenters. The molecule has 8 nitrogen and oxygen atoms in total. The first-order valence-electron chi connectivity index (χ1n) is 13.6. The summed E-state index contributed by atoms with van der Waals surface area (Å²) in [5, 5.41) is 8.96. The van der Waals surface area contributed by atoms with Crippen LogP contribution in [0.25, 0.3) is 0 Å². The van der Waals surface area contributed by atoms with Gasteiger partial charge in [0, 0.05) is 51.3 Å². The van der Waals surface area contributed by atoms with E-state index in [1.165, 1.54) is 11.8 Å². The number of Topliss-reactive ketones (excluding diaryl/α,β-unsaturated/α-hetero) is 1. The molecular weight excluding hydrogens is 490 g/mol. The number of rotatable bonds is 8. The number of carbonyl (C=O) groups excluding carboxylic acids is 2. The topological polar surface area (TPSA) is 99.4 Å². The molecule has 5 rings (SSSR count). The van der Waals surface area contributed by atoms with Crippen LogP contribution in [0.5, 0.6) is 5.75 Å². The largest absolute Gasteiger partial charge is 0.489 e. The zero-order valence-electron chi connectivity index (χ0n) is 22.0. The Morgan fingerprint density at radius 3 is 2.36 bits per heavy atom. The second-order valence-electron chi connectivity index (χ2n) is 10.4. The van der Waals surface area contributed by atoms with E-state index in [0.717, 1.165) is 51.1 Å². The molecule has 0 radical (unpaired) electrons. The van der Waals surface area contributed by atoms with Crippen LogP contribution in [-0.4, -0.2) is 63.7 Å². The maximum absolute atomic E-state index is 13.0. The van der Waals surface area contributed by atoms with Crippen LogP contribution in [0, 0.1) is 17.2 Å². The fraction of sp³-hybridized carbons (Fsp3) is 0.387. The van der Waals surface area contributed by atoms with Gasteiger partial charge in [-0.2, -0.15) is 5.26 Å². The second-order valence-corrected chi connectivity index (χ2v) is 10.4. The summed E-state index contributed by atoms with van der Waals surface area (Å²) in [6.45, 7) is 3.99. The van der Waals surface area contributed by atoms with E-state index in [4.69, 9.17) is 10.00 Å². The van der Waals surface area contributed by atoms with Crippen LogP contribution < -0.4 is 4.74 Å². The van der Waals surface area contributed by atoms with Gasteiger partial charge in [0.05, 0.1) is 23.4 Å². The van der Waals surface area contributed by atoms with Gasteiger partial charge >= 0.3 is 0 Å². The summed E-state index contributed by atoms with van der Waals surface area (Å²) < 4.78 is 5.97. The Bertz CT molecular complexity index is 1290. The minimum Gasteiger partial charge on any atom is -0.489 e. The first-order valence-corrected chi connectivity index (χ1v) is 13.6. The summed E-state index contributed by atoms with van der Waals surface area (Å²) in [7, 11) is 0. The summed E-state index contributed by atoms with van der Waals surface area (Å²) in [6, 6.07) is 17.0. The van der Waals surface area contributed by atoms with Crippen LogP contribution in [-0.2, 0) is 6.54 Å². The summed E-state index contributed by atoms with van der Waals surface area (Å²) in [5.41, 5.74) is 2.81. The van der Waals surface area contributed by atoms with E-state index in [0.29, 0.717) is 42.2 Å². The monoisotopic (exact) mass is 523 g/mol. The van der Waals surface area contributed by atoms with E-state index >= 15 is 0 Å². The molecule has 0 aliphatic carbocycles. The highest BCUT2D eigenvalue weighted by Crippen LogP contribution is 2.24. The van der Waals surface area contributed by atoms with Gasteiger partial charge in [-0.05, 0) is 73.8 Å². The molecule has 1 amide bonds. The Balaban J connectivity index is 1.05. The molecule has 0 atom stereocenters. The minimum atomic E-state index is -0.0593. The van der Waals surface area contributed by atoms with Crippen LogP contribution >= 0.6 is 0 Å². The van der Waals surface area contributed by atoms with Crippen molar-refractivity contribution in [3.63, 3.8) is 0 Å². The summed E-state index contributed by atoms with van der Waals surface area (Å²) in [5.74, 6) is 1.07. The molecule has 2 aromatic heterocycles. The first kappa shape index (κ1) is 26.5. The standard InChI is InChI=1S/C31H33N5O3/c32-19-24-3-5-25(6-4-24)22-35-14-9-23(10-15-35)18-30(37)29-8-7-26(20-34-29)31(38)36-16-11-27(12-17-36)39-28-2-1-13-33-21-28/h1-8,13,20-21,23,27H,9-12,14-18,22H2. The molecule has 3 aromatic rings. The van der Waals surface area contributed by atoms with Gasteiger partial charge in [-0.25, -0.2) is 0 Å². The van der Waals surface area contributed by atoms with Crippen molar-refractivity contribution in [1.29, 1.82) is 5.26 Å². The number of benzene rings is 1. The maximum Gasteiger partial charge on any atom is 0.255 e. The number of nitrogens with zero attached hydrogens (tertiary/aromatic N) is 5. The summed E-state index contributed by atoms with van der Waals surface area (Å²) >= 11 is 0. The number of amides is 1. The zero-order valence-corrected chi connectivity index (χ0v) is 22.0. The Labute approximate surface area is 229 Å². The van der Waals surface area contributed by atoms with Crippen molar-refractivity contribution in [3.8, 4) is 11.8 Å². The normalized spacial score (nSPS) is 16.9. The lowest BCUT2D eigenvalue weighted by Crippen LogP contribution is -2.41. The number of nitriles is 1. The smallest absolute Gasteiger partial charge is 0.255 e. The number of piperidine rings is 2. The number of hydrogen-bond donors (Lipinski definition) is 0. The molecule has 39 heavy (non-hydrogen) atoms. The molecule has 0 bridgehead atoms. The Kier molecular flexibility index (Phi) is 8.59. The van der Waals surface area contributed by atoms with Gasteiger partial charge in [-0.15, -0.1) is 0 Å². The molecule has 0 spiro atoms. The summed E-state index contributed by atoms with van der Waals surface area (Å²) in [4.78, 5) is 38.5. The second kappa shape index (κ2) is 12.6. The maximum atomic E-state index is 13.0. The van der Waals surface area contributed by atoms with Crippen molar-refractivity contribution in [2.24, 2.45) is 5.92 Å². The predicted octanol–water partition coefficient (Wildman–Crippen LogP) is 4.52. The van der Waals surface area contributed by atoms with E-state index in [2.05, 4.69) is 20.9 Å². The van der Waals surface area contributed by atoms with Crippen LogP contribution in [0.3, 0.4) is 0 Å². The highest BCUT2D eigenvalue weighted by Gasteiger charge is 2.26. The van der Waals surface area contributed by atoms with Gasteiger partial charge in [-0.1, -0.05) is 12.1 Å². The fourth-order valence-corrected chi connectivity index (χ4v) is 5.31. The van der Waals surface area contributed by atoms with Gasteiger partial charge in [0.2, 0.25) is 0 Å². The van der Waals surface area contributed by atoms with Crippen LogP contribution in [0.4, 0.5) is 0 Å². The quantitative estimate of drug-likeness (QED) is 0.400. The molecular formula is C31H33N5O3. The van der Waals surface area contributed by atoms with E-state index < -0.39 is 0 Å². The third kappa shape index (κ3) is 7.06. The van der Waals surface area contributed by atoms with Crippen LogP contribution in [0.15, 0.2) is 67.1 Å². The van der Waals surface area contributed by atoms with Gasteiger partial charge < -0.3 is 9.64 Å². The van der Waals surface area contributed by atoms with Gasteiger partial charge in [0.15, 0.2) is 5.78 Å². The molecule has 0 saturated carbocycles. The highest BCUT2D eigenvalue weighted by molar-refractivity contribution is 5.97. The van der Waals surface area contributed by atoms with Gasteiger partial charge in [0.1, 0.15) is 17.5 Å². The number of carbonyl (C=O) groups is 2. The minimum absolute atomic E-state index is 0.0351. The molecule has 4 heterocycles. The molecule has 1 aromatic carbocycles. The number of pyridine rings is 2. The third-order valence-corrected chi connectivity index (χ3v) is 7.63. The van der Waals surface area contributed by atoms with Gasteiger partial charge in [0.25, 0.3) is 5.91 Å². The van der Waals surface area contributed by atoms with E-state index in [1.54, 1.807) is 24.5 Å². The Hall–Kier alpha value is -4.09. The third-order valence-electron chi connectivity index (χ3n) is 7.63. The molecule has 200 valence electrons. The van der Waals surface area contributed by atoms with Crippen LogP contribution in [0.2, 0.25) is 0 Å². The van der Waals surface area contributed by atoms with Crippen molar-refractivity contribution in [1.82, 2.24) is 19.8 Å². The summed E-state index contributed by atoms with van der Waals surface area (Å²) in [6.07, 6.45) is 8.97. The molecule has 0 N–H and O–H groups in total. The number of ether oxygens (including phenoxy) is 1. The molecule has 8 heteroatoms. The lowest BCUT2D eigenvalue weighted by Gasteiger charge is -2.32. The number of ketones is 1. The van der Waals surface area contributed by atoms with E-state index in [-0.39, 0.29) is 17.8 Å². The molecule has 2 aliphatic rings. The van der Waals surface area contributed by atoms with E-state index in [1.807, 2.05) is 41.3 Å². The van der Waals surface area contributed by atoms with E-state index in [9.17, 15) is 9.59 Å². The number of likely N-dealkylation sites (tertiary alicyclic amines) is 2. The lowest BCUT2D eigenvalue weighted by molar-refractivity contribution is 0.0594. The highest BCUT2D eigenvalue weighted by atomic mass is 16.5. The Morgan fingerprint density at radius 1 is 0.949 bits per heavy atom. The van der Waals surface area contributed by atoms with Crippen molar-refractivity contribution in [2.45, 2.75) is 44.8 Å². The average molecular weight is 524 g/mol. The van der Waals surface area contributed by atoms with Gasteiger partial charge in [-0.3, -0.25) is 24.5 Å². The molecule has 2 saturated heterocycles. The van der Waals surface area contributed by atoms with Crippen LogP contribution in [0.1, 0.15) is 64.1 Å². The van der Waals surface area contributed by atoms with Crippen molar-refractivity contribution < 1.29 is 14.3 Å². The average Bonchev–Trinajstić information content (AvgIpc) is 2.99. The van der Waals surface area contributed by atoms with Crippen molar-refractivity contribution >= 4 is 11.7 Å². The first-order chi connectivity index (χ1) is 19.1. The molecule has 2 aliphatic heterocycles. The zero-order chi connectivity index (χ0) is 27.0. The van der Waals surface area contributed by atoms with Crippen molar-refractivity contribution in [2.75, 3.05) is 26.2 Å². The molecule has 2 fully saturated rings. The number of aromatic nitrogens is 2. The fourth-order valence-electron chi connectivity index (χ4n) is 5.31. The predicted molar refractivity (Wildman–Crippen MR) is 146 cm³/mol. The Morgan fingerprint density at radius 2 is 1.72 bits per heavy atom. The van der Waals surface area contributed by atoms with Crippen molar-refractivity contribution in [3.05, 3.63) is 89.5 Å². The SMILES string of the molecule is N#Cc1ccc(CN2CCC(CC(=O)c3ccc(C(=O)N4CCC(Oc5cccnc5)CC4)cn3)CC2)cc1. The lowest BCUT2D eigenvalue weighted by atomic mass is 9.90.